The summed E-state index contributed by atoms with van der Waals surface area (Å²) >= 11 is 0. The molecule has 0 saturated carbocycles. The van der Waals surface area contributed by atoms with Crippen LogP contribution in [-0.2, 0) is 6.18 Å². The molecule has 2 aromatic rings. The van der Waals surface area contributed by atoms with Gasteiger partial charge in [-0.15, -0.1) is 0 Å². The largest absolute Gasteiger partial charge is 0.477 e. The normalized spacial score (nSPS) is 11.3. The molecule has 8 heteroatoms. The third-order valence-electron chi connectivity index (χ3n) is 2.66. The van der Waals surface area contributed by atoms with Crippen LogP contribution in [0.25, 0.3) is 0 Å². The third kappa shape index (κ3) is 3.16. The minimum absolute atomic E-state index is 0.0527. The van der Waals surface area contributed by atoms with Crippen molar-refractivity contribution in [2.45, 2.75) is 6.18 Å². The van der Waals surface area contributed by atoms with Gasteiger partial charge in [-0.2, -0.15) is 13.2 Å². The van der Waals surface area contributed by atoms with Gasteiger partial charge in [-0.1, -0.05) is 0 Å². The molecule has 0 fully saturated rings. The SMILES string of the molecule is O=C(O)c1c(Oc2ccc(F)cc2)ccc(C(F)(F)F)c1F. The fourth-order valence-corrected chi connectivity index (χ4v) is 1.69. The summed E-state index contributed by atoms with van der Waals surface area (Å²) in [6, 6.07) is 5.30. The Hall–Kier alpha value is -2.64. The lowest BCUT2D eigenvalue weighted by atomic mass is 10.1. The molecule has 3 nitrogen and oxygen atoms in total. The van der Waals surface area contributed by atoms with Crippen molar-refractivity contribution in [1.29, 1.82) is 0 Å². The maximum absolute atomic E-state index is 13.8. The van der Waals surface area contributed by atoms with E-state index in [0.29, 0.717) is 12.1 Å². The summed E-state index contributed by atoms with van der Waals surface area (Å²) in [5, 5.41) is 8.91. The number of hydrogen-bond donors (Lipinski definition) is 1. The third-order valence-corrected chi connectivity index (χ3v) is 2.66. The highest BCUT2D eigenvalue weighted by atomic mass is 19.4. The Balaban J connectivity index is 2.50. The van der Waals surface area contributed by atoms with E-state index in [9.17, 15) is 26.7 Å². The number of hydrogen-bond acceptors (Lipinski definition) is 2. The van der Waals surface area contributed by atoms with Crippen LogP contribution >= 0.6 is 0 Å². The van der Waals surface area contributed by atoms with Crippen LogP contribution in [0, 0.1) is 11.6 Å². The maximum atomic E-state index is 13.8. The number of halogens is 5. The van der Waals surface area contributed by atoms with Crippen LogP contribution in [0.15, 0.2) is 36.4 Å². The van der Waals surface area contributed by atoms with Crippen molar-refractivity contribution in [3.8, 4) is 11.5 Å². The smallest absolute Gasteiger partial charge is 0.419 e. The van der Waals surface area contributed by atoms with Crippen molar-refractivity contribution in [1.82, 2.24) is 0 Å². The molecule has 0 aliphatic rings. The van der Waals surface area contributed by atoms with Crippen LogP contribution in [0.5, 0.6) is 11.5 Å². The molecule has 1 N–H and O–H groups in total. The second kappa shape index (κ2) is 5.63. The molecular formula is C14H7F5O3. The number of carboxylic acids is 1. The molecule has 0 aliphatic heterocycles. The van der Waals surface area contributed by atoms with E-state index in [1.807, 2.05) is 0 Å². The summed E-state index contributed by atoms with van der Waals surface area (Å²) in [6.07, 6.45) is -5.04. The highest BCUT2D eigenvalue weighted by molar-refractivity contribution is 5.91. The molecule has 116 valence electrons. The average molecular weight is 318 g/mol. The second-order valence-corrected chi connectivity index (χ2v) is 4.16. The van der Waals surface area contributed by atoms with E-state index in [-0.39, 0.29) is 5.75 Å². The minimum Gasteiger partial charge on any atom is -0.477 e. The van der Waals surface area contributed by atoms with Crippen molar-refractivity contribution in [2.24, 2.45) is 0 Å². The zero-order valence-corrected chi connectivity index (χ0v) is 10.6. The Morgan fingerprint density at radius 3 is 2.09 bits per heavy atom. The van der Waals surface area contributed by atoms with Gasteiger partial charge in [-0.3, -0.25) is 0 Å². The van der Waals surface area contributed by atoms with E-state index in [1.165, 1.54) is 0 Å². The first kappa shape index (κ1) is 15.7. The van der Waals surface area contributed by atoms with E-state index in [2.05, 4.69) is 0 Å². The van der Waals surface area contributed by atoms with Crippen LogP contribution < -0.4 is 4.74 Å². The molecule has 0 atom stereocenters. The average Bonchev–Trinajstić information content (AvgIpc) is 2.39. The first-order valence-corrected chi connectivity index (χ1v) is 5.76. The van der Waals surface area contributed by atoms with Gasteiger partial charge >= 0.3 is 12.1 Å². The number of rotatable bonds is 3. The van der Waals surface area contributed by atoms with E-state index >= 15 is 0 Å². The van der Waals surface area contributed by atoms with Gasteiger partial charge in [0.2, 0.25) is 0 Å². The summed E-state index contributed by atoms with van der Waals surface area (Å²) < 4.78 is 69.3. The number of aromatic carboxylic acids is 1. The van der Waals surface area contributed by atoms with Gasteiger partial charge in [0, 0.05) is 0 Å². The molecule has 0 radical (unpaired) electrons. The zero-order chi connectivity index (χ0) is 16.5. The monoisotopic (exact) mass is 318 g/mol. The molecule has 0 aliphatic carbocycles. The van der Waals surface area contributed by atoms with Gasteiger partial charge in [-0.05, 0) is 36.4 Å². The van der Waals surface area contributed by atoms with Gasteiger partial charge in [0.05, 0.1) is 5.56 Å². The number of alkyl halides is 3. The summed E-state index contributed by atoms with van der Waals surface area (Å²) in [5.74, 6) is -5.13. The molecule has 2 aromatic carbocycles. The van der Waals surface area contributed by atoms with E-state index < -0.39 is 40.7 Å². The van der Waals surface area contributed by atoms with Crippen LogP contribution in [0.1, 0.15) is 15.9 Å². The van der Waals surface area contributed by atoms with Crippen molar-refractivity contribution in [3.05, 3.63) is 59.2 Å². The maximum Gasteiger partial charge on any atom is 0.419 e. The fourth-order valence-electron chi connectivity index (χ4n) is 1.69. The molecule has 0 heterocycles. The predicted molar refractivity (Wildman–Crippen MR) is 64.8 cm³/mol. The quantitative estimate of drug-likeness (QED) is 0.849. The minimum atomic E-state index is -5.04. The lowest BCUT2D eigenvalue weighted by Gasteiger charge is -2.13. The van der Waals surface area contributed by atoms with Crippen molar-refractivity contribution < 1.29 is 36.6 Å². The van der Waals surface area contributed by atoms with Gasteiger partial charge < -0.3 is 9.84 Å². The highest BCUT2D eigenvalue weighted by Crippen LogP contribution is 2.37. The van der Waals surface area contributed by atoms with Gasteiger partial charge in [0.15, 0.2) is 5.82 Å². The molecular weight excluding hydrogens is 311 g/mol. The summed E-state index contributed by atoms with van der Waals surface area (Å²) in [5.41, 5.74) is -2.96. The summed E-state index contributed by atoms with van der Waals surface area (Å²) in [7, 11) is 0. The Morgan fingerprint density at radius 2 is 1.59 bits per heavy atom. The lowest BCUT2D eigenvalue weighted by Crippen LogP contribution is -2.13. The Labute approximate surface area is 120 Å². The molecule has 0 saturated heterocycles. The number of carbonyl (C=O) groups is 1. The molecule has 22 heavy (non-hydrogen) atoms. The van der Waals surface area contributed by atoms with Crippen molar-refractivity contribution in [3.63, 3.8) is 0 Å². The number of ether oxygens (including phenoxy) is 1. The Bertz CT molecular complexity index is 708. The number of benzene rings is 2. The number of carboxylic acid groups (broad SMARTS) is 1. The highest BCUT2D eigenvalue weighted by Gasteiger charge is 2.37. The van der Waals surface area contributed by atoms with Crippen LogP contribution in [0.4, 0.5) is 22.0 Å². The zero-order valence-electron chi connectivity index (χ0n) is 10.6. The Kier molecular flexibility index (Phi) is 4.03. The van der Waals surface area contributed by atoms with Gasteiger partial charge in [-0.25, -0.2) is 13.6 Å². The van der Waals surface area contributed by atoms with E-state index in [1.54, 1.807) is 0 Å². The molecule has 0 bridgehead atoms. The van der Waals surface area contributed by atoms with E-state index in [4.69, 9.17) is 9.84 Å². The van der Waals surface area contributed by atoms with Crippen molar-refractivity contribution in [2.75, 3.05) is 0 Å². The van der Waals surface area contributed by atoms with Crippen LogP contribution in [0.2, 0.25) is 0 Å². The molecule has 0 aromatic heterocycles. The molecule has 0 spiro atoms. The molecule has 0 unspecified atom stereocenters. The molecule has 2 rings (SSSR count). The fraction of sp³-hybridized carbons (Fsp3) is 0.0714. The summed E-state index contributed by atoms with van der Waals surface area (Å²) in [4.78, 5) is 11.0. The first-order chi connectivity index (χ1) is 10.2. The standard InChI is InChI=1S/C14H7F5O3/c15-7-1-3-8(4-2-7)22-10-6-5-9(14(17,18)19)12(16)11(10)13(20)21/h1-6H,(H,20,21). The van der Waals surface area contributed by atoms with Gasteiger partial charge in [0.25, 0.3) is 0 Å². The lowest BCUT2D eigenvalue weighted by molar-refractivity contribution is -0.140. The Morgan fingerprint density at radius 1 is 1.00 bits per heavy atom. The van der Waals surface area contributed by atoms with Crippen LogP contribution in [-0.4, -0.2) is 11.1 Å². The molecule has 0 amide bonds. The first-order valence-electron chi connectivity index (χ1n) is 5.76. The predicted octanol–water partition coefficient (Wildman–Crippen LogP) is 4.47. The topological polar surface area (TPSA) is 46.5 Å². The van der Waals surface area contributed by atoms with Gasteiger partial charge in [0.1, 0.15) is 22.9 Å². The van der Waals surface area contributed by atoms with E-state index in [0.717, 1.165) is 24.3 Å². The van der Waals surface area contributed by atoms with Crippen LogP contribution in [0.3, 0.4) is 0 Å². The summed E-state index contributed by atoms with van der Waals surface area (Å²) in [6.45, 7) is 0. The second-order valence-electron chi connectivity index (χ2n) is 4.16. The van der Waals surface area contributed by atoms with Crippen molar-refractivity contribution >= 4 is 5.97 Å².